The van der Waals surface area contributed by atoms with Gasteiger partial charge in [0.05, 0.1) is 13.0 Å². The van der Waals surface area contributed by atoms with Crippen molar-refractivity contribution in [2.24, 2.45) is 5.92 Å². The van der Waals surface area contributed by atoms with Crippen LogP contribution in [0, 0.1) is 5.92 Å². The molecule has 0 bridgehead atoms. The second kappa shape index (κ2) is 11.4. The number of amides is 1. The molecule has 1 amide bonds. The summed E-state index contributed by atoms with van der Waals surface area (Å²) in [5.74, 6) is -0.799. The molecule has 1 unspecified atom stereocenters. The highest BCUT2D eigenvalue weighted by atomic mass is 16.5. The largest absolute Gasteiger partial charge is 0.469 e. The molecule has 0 aliphatic rings. The molecule has 24 heavy (non-hydrogen) atoms. The van der Waals surface area contributed by atoms with Crippen molar-refractivity contribution in [2.45, 2.75) is 20.3 Å². The van der Waals surface area contributed by atoms with Gasteiger partial charge in [-0.25, -0.2) is 0 Å². The van der Waals surface area contributed by atoms with Crippen molar-refractivity contribution in [3.63, 3.8) is 0 Å². The summed E-state index contributed by atoms with van der Waals surface area (Å²) in [6.07, 6.45) is 4.05. The molecule has 1 aromatic carbocycles. The second-order valence-corrected chi connectivity index (χ2v) is 5.50. The van der Waals surface area contributed by atoms with Crippen LogP contribution in [0.2, 0.25) is 0 Å². The lowest BCUT2D eigenvalue weighted by Crippen LogP contribution is -2.37. The summed E-state index contributed by atoms with van der Waals surface area (Å²) in [6, 6.07) is 9.63. The number of carbonyl (C=O) groups excluding carboxylic acids is 2. The summed E-state index contributed by atoms with van der Waals surface area (Å²) in [4.78, 5) is 25.8. The zero-order valence-electron chi connectivity index (χ0n) is 14.7. The van der Waals surface area contributed by atoms with Crippen LogP contribution in [0.1, 0.15) is 25.8 Å². The van der Waals surface area contributed by atoms with Crippen molar-refractivity contribution in [3.8, 4) is 0 Å². The van der Waals surface area contributed by atoms with Crippen LogP contribution in [0.5, 0.6) is 0 Å². The Morgan fingerprint density at radius 3 is 2.58 bits per heavy atom. The topological polar surface area (TPSA) is 55.8 Å². The van der Waals surface area contributed by atoms with Crippen LogP contribution in [0.15, 0.2) is 36.4 Å². The number of rotatable bonds is 10. The van der Waals surface area contributed by atoms with Gasteiger partial charge < -0.3 is 14.4 Å². The highest BCUT2D eigenvalue weighted by Crippen LogP contribution is 2.07. The van der Waals surface area contributed by atoms with E-state index in [2.05, 4.69) is 0 Å². The Morgan fingerprint density at radius 1 is 1.25 bits per heavy atom. The third-order valence-corrected chi connectivity index (χ3v) is 3.55. The molecule has 0 aromatic heterocycles. The third-order valence-electron chi connectivity index (χ3n) is 3.55. The van der Waals surface area contributed by atoms with Gasteiger partial charge in [-0.1, -0.05) is 37.3 Å². The molecule has 0 heterocycles. The summed E-state index contributed by atoms with van der Waals surface area (Å²) in [7, 11) is 1.36. The van der Waals surface area contributed by atoms with Crippen molar-refractivity contribution in [1.29, 1.82) is 0 Å². The van der Waals surface area contributed by atoms with E-state index in [4.69, 9.17) is 9.47 Å². The summed E-state index contributed by atoms with van der Waals surface area (Å²) in [5.41, 5.74) is 0.959. The van der Waals surface area contributed by atoms with E-state index >= 15 is 0 Å². The first kappa shape index (κ1) is 19.9. The Balaban J connectivity index is 2.68. The first-order chi connectivity index (χ1) is 11.6. The first-order valence-electron chi connectivity index (χ1n) is 8.26. The average molecular weight is 333 g/mol. The molecule has 0 fully saturated rings. The molecule has 1 rings (SSSR count). The molecule has 0 saturated carbocycles. The Kier molecular flexibility index (Phi) is 9.46. The minimum atomic E-state index is -0.365. The number of hydrogen-bond acceptors (Lipinski definition) is 4. The Bertz CT molecular complexity index is 527. The molecular weight excluding hydrogens is 306 g/mol. The van der Waals surface area contributed by atoms with Crippen molar-refractivity contribution in [3.05, 3.63) is 42.0 Å². The number of ether oxygens (including phenoxy) is 2. The summed E-state index contributed by atoms with van der Waals surface area (Å²) in [6.45, 7) is 5.81. The molecule has 1 aromatic rings. The van der Waals surface area contributed by atoms with Gasteiger partial charge in [0.1, 0.15) is 0 Å². The van der Waals surface area contributed by atoms with Crippen LogP contribution in [-0.2, 0) is 19.1 Å². The smallest absolute Gasteiger partial charge is 0.310 e. The molecule has 0 saturated heterocycles. The van der Waals surface area contributed by atoms with Gasteiger partial charge in [0.25, 0.3) is 0 Å². The van der Waals surface area contributed by atoms with E-state index in [1.54, 1.807) is 24.0 Å². The van der Waals surface area contributed by atoms with Gasteiger partial charge in [-0.3, -0.25) is 9.59 Å². The van der Waals surface area contributed by atoms with Crippen LogP contribution in [0.25, 0.3) is 6.08 Å². The number of methoxy groups -OCH3 is 1. The van der Waals surface area contributed by atoms with Crippen molar-refractivity contribution in [2.75, 3.05) is 33.4 Å². The van der Waals surface area contributed by atoms with E-state index in [9.17, 15) is 9.59 Å². The van der Waals surface area contributed by atoms with E-state index in [1.165, 1.54) is 7.11 Å². The Morgan fingerprint density at radius 2 is 1.96 bits per heavy atom. The van der Waals surface area contributed by atoms with E-state index in [0.717, 1.165) is 12.0 Å². The quantitative estimate of drug-likeness (QED) is 0.375. The minimum absolute atomic E-state index is 0.119. The van der Waals surface area contributed by atoms with Gasteiger partial charge in [-0.2, -0.15) is 0 Å². The van der Waals surface area contributed by atoms with Crippen LogP contribution in [-0.4, -0.2) is 50.2 Å². The SMILES string of the molecule is CCOCCCN(CC(C)C(=O)OC)C(=O)/C=C/c1ccccc1. The van der Waals surface area contributed by atoms with E-state index in [0.29, 0.717) is 26.3 Å². The second-order valence-electron chi connectivity index (χ2n) is 5.50. The monoisotopic (exact) mass is 333 g/mol. The predicted molar refractivity (Wildman–Crippen MR) is 94.3 cm³/mol. The maximum absolute atomic E-state index is 12.5. The number of benzene rings is 1. The molecule has 1 atom stereocenters. The molecule has 132 valence electrons. The normalized spacial score (nSPS) is 12.1. The summed E-state index contributed by atoms with van der Waals surface area (Å²) in [5, 5.41) is 0. The van der Waals surface area contributed by atoms with E-state index in [-0.39, 0.29) is 17.8 Å². The highest BCUT2D eigenvalue weighted by Gasteiger charge is 2.20. The lowest BCUT2D eigenvalue weighted by Gasteiger charge is -2.24. The fourth-order valence-corrected chi connectivity index (χ4v) is 2.24. The van der Waals surface area contributed by atoms with Crippen molar-refractivity contribution >= 4 is 18.0 Å². The molecule has 0 N–H and O–H groups in total. The lowest BCUT2D eigenvalue weighted by molar-refractivity contribution is -0.146. The molecule has 0 radical (unpaired) electrons. The first-order valence-corrected chi connectivity index (χ1v) is 8.26. The highest BCUT2D eigenvalue weighted by molar-refractivity contribution is 5.92. The van der Waals surface area contributed by atoms with Gasteiger partial charge in [0.15, 0.2) is 0 Å². The Labute approximate surface area is 144 Å². The number of nitrogens with zero attached hydrogens (tertiary/aromatic N) is 1. The maximum Gasteiger partial charge on any atom is 0.310 e. The fraction of sp³-hybridized carbons (Fsp3) is 0.474. The zero-order valence-corrected chi connectivity index (χ0v) is 14.7. The lowest BCUT2D eigenvalue weighted by atomic mass is 10.1. The number of esters is 1. The minimum Gasteiger partial charge on any atom is -0.469 e. The molecule has 0 aliphatic carbocycles. The van der Waals surface area contributed by atoms with Crippen molar-refractivity contribution < 1.29 is 19.1 Å². The van der Waals surface area contributed by atoms with Crippen LogP contribution >= 0.6 is 0 Å². The average Bonchev–Trinajstić information content (AvgIpc) is 2.62. The van der Waals surface area contributed by atoms with E-state index in [1.807, 2.05) is 37.3 Å². The molecular formula is C19H27NO4. The van der Waals surface area contributed by atoms with Crippen molar-refractivity contribution in [1.82, 2.24) is 4.90 Å². The third kappa shape index (κ3) is 7.42. The van der Waals surface area contributed by atoms with Crippen LogP contribution in [0.3, 0.4) is 0 Å². The van der Waals surface area contributed by atoms with Gasteiger partial charge >= 0.3 is 5.97 Å². The molecule has 0 spiro atoms. The Hall–Kier alpha value is -2.14. The predicted octanol–water partition coefficient (Wildman–Crippen LogP) is 2.76. The fourth-order valence-electron chi connectivity index (χ4n) is 2.24. The van der Waals surface area contributed by atoms with Gasteiger partial charge in [0, 0.05) is 32.4 Å². The summed E-state index contributed by atoms with van der Waals surface area (Å²) < 4.78 is 10.1. The molecule has 5 nitrogen and oxygen atoms in total. The molecule has 0 aliphatic heterocycles. The van der Waals surface area contributed by atoms with E-state index < -0.39 is 0 Å². The number of hydrogen-bond donors (Lipinski definition) is 0. The van der Waals surface area contributed by atoms with Crippen LogP contribution in [0.4, 0.5) is 0 Å². The standard InChI is InChI=1S/C19H27NO4/c1-4-24-14-8-13-20(15-16(2)19(22)23-3)18(21)12-11-17-9-6-5-7-10-17/h5-7,9-12,16H,4,8,13-15H2,1-3H3/b12-11+. The van der Waals surface area contributed by atoms with Gasteiger partial charge in [-0.05, 0) is 25.0 Å². The van der Waals surface area contributed by atoms with Crippen LogP contribution < -0.4 is 0 Å². The van der Waals surface area contributed by atoms with Gasteiger partial charge in [0.2, 0.25) is 5.91 Å². The molecule has 5 heteroatoms. The summed E-state index contributed by atoms with van der Waals surface area (Å²) >= 11 is 0. The maximum atomic E-state index is 12.5. The zero-order chi connectivity index (χ0) is 17.8. The number of carbonyl (C=O) groups is 2. The van der Waals surface area contributed by atoms with Gasteiger partial charge in [-0.15, -0.1) is 0 Å².